The van der Waals surface area contributed by atoms with E-state index in [1.807, 2.05) is 0 Å². The number of nitrogens with two attached hydrogens (primary N) is 1. The molecule has 1 heterocycles. The number of amides is 1. The molecule has 0 aromatic heterocycles. The third-order valence-electron chi connectivity index (χ3n) is 2.56. The third kappa shape index (κ3) is 2.45. The molecule has 1 aliphatic heterocycles. The van der Waals surface area contributed by atoms with Crippen LogP contribution < -0.4 is 11.1 Å². The van der Waals surface area contributed by atoms with Crippen LogP contribution in [0.15, 0.2) is 29.7 Å². The topological polar surface area (TPSA) is 109 Å². The number of aromatic hydroxyl groups is 1. The van der Waals surface area contributed by atoms with Crippen LogP contribution in [0.4, 0.5) is 5.69 Å². The van der Waals surface area contributed by atoms with Crippen molar-refractivity contribution < 1.29 is 18.3 Å². The van der Waals surface area contributed by atoms with Gasteiger partial charge in [0.25, 0.3) is 5.91 Å². The van der Waals surface area contributed by atoms with Crippen molar-refractivity contribution in [3.8, 4) is 5.75 Å². The summed E-state index contributed by atoms with van der Waals surface area (Å²) in [6, 6.07) is 3.83. The van der Waals surface area contributed by atoms with Crippen LogP contribution in [0.5, 0.6) is 5.75 Å². The first-order valence-corrected chi connectivity index (χ1v) is 6.90. The van der Waals surface area contributed by atoms with E-state index in [2.05, 4.69) is 5.32 Å². The number of phenols is 1. The van der Waals surface area contributed by atoms with Crippen molar-refractivity contribution in [2.24, 2.45) is 0 Å². The molecule has 1 aliphatic rings. The summed E-state index contributed by atoms with van der Waals surface area (Å²) in [7, 11) is -3.22. The number of hydrogen-bond acceptors (Lipinski definition) is 5. The second-order valence-corrected chi connectivity index (χ2v) is 5.91. The van der Waals surface area contributed by atoms with Crippen molar-refractivity contribution in [2.45, 2.75) is 6.04 Å². The SMILES string of the molecule is Nc1cccc(C(=O)NC2C=CS(=O)(=O)C2)c1O. The highest BCUT2D eigenvalue weighted by Crippen LogP contribution is 2.24. The predicted octanol–water partition coefficient (Wildman–Crippen LogP) is 0.0149. The molecule has 1 unspecified atom stereocenters. The Morgan fingerprint density at radius 2 is 2.17 bits per heavy atom. The zero-order valence-corrected chi connectivity index (χ0v) is 10.1. The van der Waals surface area contributed by atoms with Gasteiger partial charge in [0, 0.05) is 5.41 Å². The zero-order chi connectivity index (χ0) is 13.3. The van der Waals surface area contributed by atoms with Crippen LogP contribution in [0.3, 0.4) is 0 Å². The van der Waals surface area contributed by atoms with Gasteiger partial charge in [-0.3, -0.25) is 4.79 Å². The normalized spacial score (nSPS) is 20.8. The Labute approximate surface area is 104 Å². The van der Waals surface area contributed by atoms with Crippen LogP contribution in [0.1, 0.15) is 10.4 Å². The van der Waals surface area contributed by atoms with Crippen molar-refractivity contribution in [1.82, 2.24) is 5.32 Å². The van der Waals surface area contributed by atoms with E-state index in [0.29, 0.717) is 0 Å². The van der Waals surface area contributed by atoms with Gasteiger partial charge >= 0.3 is 0 Å². The first-order chi connectivity index (χ1) is 8.39. The number of nitrogens with one attached hydrogen (secondary N) is 1. The number of sulfone groups is 1. The number of carbonyl (C=O) groups is 1. The molecule has 0 radical (unpaired) electrons. The minimum Gasteiger partial charge on any atom is -0.505 e. The Hall–Kier alpha value is -2.02. The number of para-hydroxylation sites is 1. The molecule has 4 N–H and O–H groups in total. The standard InChI is InChI=1S/C11H12N2O4S/c12-9-3-1-2-8(10(9)14)11(15)13-7-4-5-18(16,17)6-7/h1-5,7,14H,6,12H2,(H,13,15). The summed E-state index contributed by atoms with van der Waals surface area (Å²) < 4.78 is 22.3. The smallest absolute Gasteiger partial charge is 0.255 e. The molecule has 0 saturated heterocycles. The fourth-order valence-corrected chi connectivity index (χ4v) is 2.89. The summed E-state index contributed by atoms with van der Waals surface area (Å²) >= 11 is 0. The number of benzene rings is 1. The lowest BCUT2D eigenvalue weighted by molar-refractivity contribution is 0.0945. The van der Waals surface area contributed by atoms with E-state index < -0.39 is 21.8 Å². The van der Waals surface area contributed by atoms with E-state index in [0.717, 1.165) is 5.41 Å². The average molecular weight is 268 g/mol. The maximum atomic E-state index is 11.8. The molecule has 0 aliphatic carbocycles. The van der Waals surface area contributed by atoms with Crippen LogP contribution >= 0.6 is 0 Å². The van der Waals surface area contributed by atoms with Crippen LogP contribution in [-0.4, -0.2) is 31.2 Å². The number of hydrogen-bond donors (Lipinski definition) is 3. The molecule has 6 nitrogen and oxygen atoms in total. The monoisotopic (exact) mass is 268 g/mol. The minimum atomic E-state index is -3.22. The molecule has 0 fully saturated rings. The first kappa shape index (κ1) is 12.4. The molecule has 2 rings (SSSR count). The summed E-state index contributed by atoms with van der Waals surface area (Å²) in [4.78, 5) is 11.8. The molecule has 0 spiro atoms. The lowest BCUT2D eigenvalue weighted by atomic mass is 10.1. The van der Waals surface area contributed by atoms with Crippen molar-refractivity contribution >= 4 is 21.4 Å². The fourth-order valence-electron chi connectivity index (χ4n) is 1.66. The second-order valence-electron chi connectivity index (χ2n) is 3.98. The summed E-state index contributed by atoms with van der Waals surface area (Å²) in [6.07, 6.45) is 1.40. The molecule has 7 heteroatoms. The molecule has 1 aromatic carbocycles. The largest absolute Gasteiger partial charge is 0.505 e. The third-order valence-corrected chi connectivity index (χ3v) is 3.95. The van der Waals surface area contributed by atoms with Gasteiger partial charge in [-0.05, 0) is 18.2 Å². The van der Waals surface area contributed by atoms with Crippen LogP contribution in [0.2, 0.25) is 0 Å². The molecule has 1 amide bonds. The van der Waals surface area contributed by atoms with E-state index in [9.17, 15) is 18.3 Å². The zero-order valence-electron chi connectivity index (χ0n) is 9.33. The van der Waals surface area contributed by atoms with Crippen molar-refractivity contribution in [3.05, 3.63) is 35.2 Å². The van der Waals surface area contributed by atoms with Crippen molar-refractivity contribution in [3.63, 3.8) is 0 Å². The Balaban J connectivity index is 2.14. The molecule has 1 aromatic rings. The predicted molar refractivity (Wildman–Crippen MR) is 66.7 cm³/mol. The lowest BCUT2D eigenvalue weighted by Crippen LogP contribution is -2.35. The Morgan fingerprint density at radius 3 is 2.78 bits per heavy atom. The summed E-state index contributed by atoms with van der Waals surface area (Å²) in [6.45, 7) is 0. The summed E-state index contributed by atoms with van der Waals surface area (Å²) in [5.41, 5.74) is 5.59. The lowest BCUT2D eigenvalue weighted by Gasteiger charge is -2.11. The van der Waals surface area contributed by atoms with Crippen molar-refractivity contribution in [1.29, 1.82) is 0 Å². The molecule has 1 atom stereocenters. The highest BCUT2D eigenvalue weighted by Gasteiger charge is 2.24. The van der Waals surface area contributed by atoms with Gasteiger partial charge in [0.05, 0.1) is 23.0 Å². The number of carbonyl (C=O) groups excluding carboxylic acids is 1. The van der Waals surface area contributed by atoms with Gasteiger partial charge in [-0.1, -0.05) is 6.07 Å². The van der Waals surface area contributed by atoms with E-state index in [4.69, 9.17) is 5.73 Å². The highest BCUT2D eigenvalue weighted by atomic mass is 32.2. The Bertz CT molecular complexity index is 622. The van der Waals surface area contributed by atoms with E-state index in [1.165, 1.54) is 24.3 Å². The van der Waals surface area contributed by atoms with Crippen LogP contribution in [0, 0.1) is 0 Å². The molecule has 0 saturated carbocycles. The van der Waals surface area contributed by atoms with Gasteiger partial charge in [-0.15, -0.1) is 0 Å². The molecule has 0 bridgehead atoms. The number of anilines is 1. The first-order valence-electron chi connectivity index (χ1n) is 5.18. The quantitative estimate of drug-likeness (QED) is 0.517. The van der Waals surface area contributed by atoms with Crippen molar-refractivity contribution in [2.75, 3.05) is 11.5 Å². The Morgan fingerprint density at radius 1 is 1.44 bits per heavy atom. The van der Waals surface area contributed by atoms with E-state index in [-0.39, 0.29) is 22.8 Å². The number of phenolic OH excluding ortho intramolecular Hbond substituents is 1. The van der Waals surface area contributed by atoms with Gasteiger partial charge in [0.15, 0.2) is 15.6 Å². The molecule has 18 heavy (non-hydrogen) atoms. The Kier molecular flexibility index (Phi) is 3.00. The van der Waals surface area contributed by atoms with E-state index in [1.54, 1.807) is 0 Å². The van der Waals surface area contributed by atoms with Gasteiger partial charge in [-0.25, -0.2) is 8.42 Å². The fraction of sp³-hybridized carbons (Fsp3) is 0.182. The maximum Gasteiger partial charge on any atom is 0.255 e. The highest BCUT2D eigenvalue weighted by molar-refractivity contribution is 7.94. The van der Waals surface area contributed by atoms with Gasteiger partial charge in [0.1, 0.15) is 0 Å². The molecular formula is C11H12N2O4S. The van der Waals surface area contributed by atoms with Gasteiger partial charge in [0.2, 0.25) is 0 Å². The average Bonchev–Trinajstić information content (AvgIpc) is 2.62. The van der Waals surface area contributed by atoms with Gasteiger partial charge < -0.3 is 16.2 Å². The number of nitrogen functional groups attached to an aromatic ring is 1. The molecular weight excluding hydrogens is 256 g/mol. The van der Waals surface area contributed by atoms with Crippen LogP contribution in [0.25, 0.3) is 0 Å². The second kappa shape index (κ2) is 4.34. The maximum absolute atomic E-state index is 11.8. The summed E-state index contributed by atoms with van der Waals surface area (Å²) in [5, 5.41) is 13.2. The molecule has 96 valence electrons. The van der Waals surface area contributed by atoms with Crippen LogP contribution in [-0.2, 0) is 9.84 Å². The summed E-state index contributed by atoms with van der Waals surface area (Å²) in [5.74, 6) is -1.03. The van der Waals surface area contributed by atoms with E-state index >= 15 is 0 Å². The number of rotatable bonds is 2. The minimum absolute atomic E-state index is 0.0210. The van der Waals surface area contributed by atoms with Gasteiger partial charge in [-0.2, -0.15) is 0 Å².